The Morgan fingerprint density at radius 1 is 1.32 bits per heavy atom. The Hall–Kier alpha value is -2.65. The van der Waals surface area contributed by atoms with E-state index < -0.39 is 0 Å². The maximum atomic E-state index is 12.6. The van der Waals surface area contributed by atoms with Gasteiger partial charge in [-0.1, -0.05) is 44.2 Å². The number of rotatable bonds is 6. The van der Waals surface area contributed by atoms with Crippen molar-refractivity contribution < 1.29 is 9.59 Å². The second kappa shape index (κ2) is 9.03. The number of benzene rings is 1. The van der Waals surface area contributed by atoms with Crippen LogP contribution in [0.15, 0.2) is 30.3 Å². The number of thiophene rings is 1. The standard InChI is InChI=1S/C22H25N3O2S/c1-3-7-21(27)25-11-10-17-18(13-23)22(28-19(17)14-25)24-20(26)12-15(2)16-8-5-4-6-9-16/h4-6,8-9,15H,3,7,10-12,14H2,1-2H3,(H,24,26)/t15-/m1/s1. The van der Waals surface area contributed by atoms with Gasteiger partial charge in [-0.25, -0.2) is 0 Å². The summed E-state index contributed by atoms with van der Waals surface area (Å²) in [5.41, 5.74) is 2.66. The quantitative estimate of drug-likeness (QED) is 0.786. The summed E-state index contributed by atoms with van der Waals surface area (Å²) in [4.78, 5) is 27.6. The smallest absolute Gasteiger partial charge is 0.225 e. The molecule has 2 heterocycles. The molecule has 28 heavy (non-hydrogen) atoms. The van der Waals surface area contributed by atoms with Crippen molar-refractivity contribution in [3.8, 4) is 6.07 Å². The Labute approximate surface area is 170 Å². The van der Waals surface area contributed by atoms with Crippen molar-refractivity contribution in [2.24, 2.45) is 0 Å². The van der Waals surface area contributed by atoms with Gasteiger partial charge in [0.1, 0.15) is 11.1 Å². The van der Waals surface area contributed by atoms with Crippen LogP contribution in [0.3, 0.4) is 0 Å². The summed E-state index contributed by atoms with van der Waals surface area (Å²) in [6.07, 6.45) is 2.41. The Bertz CT molecular complexity index is 898. The van der Waals surface area contributed by atoms with Crippen LogP contribution in [-0.2, 0) is 22.6 Å². The highest BCUT2D eigenvalue weighted by Gasteiger charge is 2.27. The zero-order valence-corrected chi connectivity index (χ0v) is 17.1. The fraction of sp³-hybridized carbons (Fsp3) is 0.409. The van der Waals surface area contributed by atoms with Crippen LogP contribution in [0.1, 0.15) is 60.6 Å². The molecule has 0 spiro atoms. The molecule has 6 heteroatoms. The Morgan fingerprint density at radius 3 is 2.75 bits per heavy atom. The van der Waals surface area contributed by atoms with Crippen LogP contribution in [0.4, 0.5) is 5.00 Å². The fourth-order valence-corrected chi connectivity index (χ4v) is 4.78. The predicted molar refractivity (Wildman–Crippen MR) is 111 cm³/mol. The molecule has 0 aliphatic carbocycles. The highest BCUT2D eigenvalue weighted by Crippen LogP contribution is 2.37. The lowest BCUT2D eigenvalue weighted by atomic mass is 9.97. The number of nitriles is 1. The summed E-state index contributed by atoms with van der Waals surface area (Å²) >= 11 is 1.43. The van der Waals surface area contributed by atoms with Crippen LogP contribution in [-0.4, -0.2) is 23.3 Å². The van der Waals surface area contributed by atoms with Gasteiger partial charge in [0, 0.05) is 24.3 Å². The molecule has 1 aliphatic heterocycles. The minimum atomic E-state index is -0.0923. The molecule has 2 aromatic rings. The first-order chi connectivity index (χ1) is 13.5. The van der Waals surface area contributed by atoms with Gasteiger partial charge in [-0.05, 0) is 29.9 Å². The molecule has 1 aromatic carbocycles. The average Bonchev–Trinajstić information content (AvgIpc) is 3.04. The minimum absolute atomic E-state index is 0.0923. The van der Waals surface area contributed by atoms with E-state index >= 15 is 0 Å². The summed E-state index contributed by atoms with van der Waals surface area (Å²) in [5.74, 6) is 0.163. The average molecular weight is 396 g/mol. The minimum Gasteiger partial charge on any atom is -0.337 e. The van der Waals surface area contributed by atoms with Crippen LogP contribution in [0.2, 0.25) is 0 Å². The largest absolute Gasteiger partial charge is 0.337 e. The molecule has 1 atom stereocenters. The summed E-state index contributed by atoms with van der Waals surface area (Å²) in [5, 5.41) is 13.2. The van der Waals surface area contributed by atoms with E-state index in [1.165, 1.54) is 11.3 Å². The summed E-state index contributed by atoms with van der Waals surface area (Å²) in [6, 6.07) is 12.2. The monoisotopic (exact) mass is 395 g/mol. The van der Waals surface area contributed by atoms with Crippen LogP contribution in [0, 0.1) is 11.3 Å². The molecule has 5 nitrogen and oxygen atoms in total. The van der Waals surface area contributed by atoms with Gasteiger partial charge in [-0.3, -0.25) is 9.59 Å². The van der Waals surface area contributed by atoms with Crippen LogP contribution < -0.4 is 5.32 Å². The van der Waals surface area contributed by atoms with Gasteiger partial charge in [-0.15, -0.1) is 11.3 Å². The highest BCUT2D eigenvalue weighted by molar-refractivity contribution is 7.16. The van der Waals surface area contributed by atoms with E-state index in [1.807, 2.05) is 49.1 Å². The molecule has 0 unspecified atom stereocenters. The third-order valence-corrected chi connectivity index (χ3v) is 6.23. The second-order valence-electron chi connectivity index (χ2n) is 7.20. The molecule has 1 aromatic heterocycles. The zero-order valence-electron chi connectivity index (χ0n) is 16.3. The molecule has 0 fully saturated rings. The Kier molecular flexibility index (Phi) is 6.48. The van der Waals surface area contributed by atoms with Crippen molar-refractivity contribution in [1.29, 1.82) is 5.26 Å². The van der Waals surface area contributed by atoms with E-state index in [0.29, 0.717) is 42.9 Å². The van der Waals surface area contributed by atoms with Crippen molar-refractivity contribution in [1.82, 2.24) is 4.90 Å². The molecule has 3 rings (SSSR count). The van der Waals surface area contributed by atoms with Gasteiger partial charge < -0.3 is 10.2 Å². The molecule has 146 valence electrons. The first-order valence-corrected chi connectivity index (χ1v) is 10.5. The second-order valence-corrected chi connectivity index (χ2v) is 8.30. The molecular weight excluding hydrogens is 370 g/mol. The van der Waals surface area contributed by atoms with Crippen molar-refractivity contribution in [2.45, 2.75) is 52.0 Å². The number of carbonyl (C=O) groups is 2. The lowest BCUT2D eigenvalue weighted by molar-refractivity contribution is -0.132. The van der Waals surface area contributed by atoms with Crippen molar-refractivity contribution in [3.63, 3.8) is 0 Å². The third-order valence-electron chi connectivity index (χ3n) is 5.10. The van der Waals surface area contributed by atoms with Crippen molar-refractivity contribution in [3.05, 3.63) is 51.9 Å². The number of nitrogens with one attached hydrogen (secondary N) is 1. The Balaban J connectivity index is 1.71. The maximum Gasteiger partial charge on any atom is 0.225 e. The van der Waals surface area contributed by atoms with Crippen LogP contribution >= 0.6 is 11.3 Å². The molecule has 1 N–H and O–H groups in total. The number of carbonyl (C=O) groups excluding carboxylic acids is 2. The summed E-state index contributed by atoms with van der Waals surface area (Å²) in [6.45, 7) is 5.19. The number of amides is 2. The number of anilines is 1. The molecular formula is C22H25N3O2S. The van der Waals surface area contributed by atoms with Crippen molar-refractivity contribution in [2.75, 3.05) is 11.9 Å². The van der Waals surface area contributed by atoms with Crippen molar-refractivity contribution >= 4 is 28.2 Å². The Morgan fingerprint density at radius 2 is 2.07 bits per heavy atom. The van der Waals surface area contributed by atoms with Gasteiger partial charge in [-0.2, -0.15) is 5.26 Å². The summed E-state index contributed by atoms with van der Waals surface area (Å²) < 4.78 is 0. The van der Waals surface area contributed by atoms with E-state index in [4.69, 9.17) is 0 Å². The predicted octanol–water partition coefficient (Wildman–Crippen LogP) is 4.44. The lowest BCUT2D eigenvalue weighted by Gasteiger charge is -2.26. The van der Waals surface area contributed by atoms with Gasteiger partial charge in [0.05, 0.1) is 12.1 Å². The molecule has 2 amide bonds. The first kappa shape index (κ1) is 20.1. The van der Waals surface area contributed by atoms with Gasteiger partial charge >= 0.3 is 0 Å². The maximum absolute atomic E-state index is 12.6. The van der Waals surface area contributed by atoms with E-state index in [2.05, 4.69) is 11.4 Å². The number of hydrogen-bond donors (Lipinski definition) is 1. The molecule has 0 bridgehead atoms. The lowest BCUT2D eigenvalue weighted by Crippen LogP contribution is -2.35. The first-order valence-electron chi connectivity index (χ1n) is 9.70. The molecule has 1 aliphatic rings. The summed E-state index contributed by atoms with van der Waals surface area (Å²) in [7, 11) is 0. The zero-order chi connectivity index (χ0) is 20.1. The van der Waals surface area contributed by atoms with Gasteiger partial charge in [0.25, 0.3) is 0 Å². The number of nitrogens with zero attached hydrogens (tertiary/aromatic N) is 2. The normalized spacial score (nSPS) is 14.1. The number of hydrogen-bond acceptors (Lipinski definition) is 4. The van der Waals surface area contributed by atoms with Gasteiger partial charge in [0.2, 0.25) is 11.8 Å². The molecule has 0 saturated carbocycles. The SMILES string of the molecule is CCCC(=O)N1CCc2c(sc(NC(=O)C[C@@H](C)c3ccccc3)c2C#N)C1. The topological polar surface area (TPSA) is 73.2 Å². The van der Waals surface area contributed by atoms with E-state index in [1.54, 1.807) is 0 Å². The highest BCUT2D eigenvalue weighted by atomic mass is 32.1. The van der Waals surface area contributed by atoms with E-state index in [-0.39, 0.29) is 17.7 Å². The van der Waals surface area contributed by atoms with Gasteiger partial charge in [0.15, 0.2) is 0 Å². The number of fused-ring (bicyclic) bond motifs is 1. The fourth-order valence-electron chi connectivity index (χ4n) is 3.55. The molecule has 0 saturated heterocycles. The van der Waals surface area contributed by atoms with E-state index in [0.717, 1.165) is 22.4 Å². The third kappa shape index (κ3) is 4.42. The van der Waals surface area contributed by atoms with Crippen LogP contribution in [0.5, 0.6) is 0 Å². The molecule has 0 radical (unpaired) electrons. The van der Waals surface area contributed by atoms with E-state index in [9.17, 15) is 14.9 Å². The van der Waals surface area contributed by atoms with Crippen LogP contribution in [0.25, 0.3) is 0 Å².